The van der Waals surface area contributed by atoms with Gasteiger partial charge < -0.3 is 28.7 Å². The van der Waals surface area contributed by atoms with Crippen molar-refractivity contribution in [2.45, 2.75) is 39.5 Å². The highest BCUT2D eigenvalue weighted by Gasteiger charge is 2.25. The third-order valence-corrected chi connectivity index (χ3v) is 11.3. The fourth-order valence-corrected chi connectivity index (χ4v) is 7.66. The number of nitrogen functional groups attached to an aromatic ring is 2. The third-order valence-electron chi connectivity index (χ3n) is 8.81. The van der Waals surface area contributed by atoms with E-state index in [0.717, 1.165) is 22.3 Å². The molecule has 0 saturated heterocycles. The number of phosphoric ester groups is 2. The Morgan fingerprint density at radius 3 is 1.63 bits per heavy atom. The van der Waals surface area contributed by atoms with Gasteiger partial charge in [-0.2, -0.15) is 0 Å². The first-order chi connectivity index (χ1) is 28.4. The molecule has 0 aliphatic carbocycles. The van der Waals surface area contributed by atoms with Gasteiger partial charge in [0.25, 0.3) is 27.3 Å². The topological polar surface area (TPSA) is 262 Å². The van der Waals surface area contributed by atoms with Crippen molar-refractivity contribution in [2.75, 3.05) is 11.5 Å². The average Bonchev–Trinajstić information content (AvgIpc) is 3.90. The summed E-state index contributed by atoms with van der Waals surface area (Å²) < 4.78 is 58.4. The molecule has 5 heterocycles. The number of phosphoric acid groups is 2. The van der Waals surface area contributed by atoms with E-state index in [9.17, 15) is 24.0 Å². The summed E-state index contributed by atoms with van der Waals surface area (Å²) in [6, 6.07) is 30.3. The molecule has 304 valence electrons. The number of aliphatic hydroxyl groups is 1. The molecule has 0 radical (unpaired) electrons. The Hall–Kier alpha value is -6.07. The minimum Gasteiger partial charge on any atom is -0.756 e. The minimum atomic E-state index is -5.52. The Labute approximate surface area is 337 Å². The van der Waals surface area contributed by atoms with Crippen LogP contribution < -0.4 is 35.1 Å². The summed E-state index contributed by atoms with van der Waals surface area (Å²) in [5.74, 6) is 1.21. The van der Waals surface area contributed by atoms with Crippen molar-refractivity contribution in [1.29, 1.82) is 0 Å². The number of benzene rings is 2. The molecule has 7 aromatic rings. The van der Waals surface area contributed by atoms with Gasteiger partial charge in [-0.1, -0.05) is 64.9 Å². The van der Waals surface area contributed by atoms with E-state index in [1.54, 1.807) is 60.8 Å². The van der Waals surface area contributed by atoms with Gasteiger partial charge in [0.2, 0.25) is 5.88 Å². The number of aromatic nitrogens is 5. The predicted octanol–water partition coefficient (Wildman–Crippen LogP) is 3.99. The zero-order chi connectivity index (χ0) is 41.4. The molecule has 0 spiro atoms. The number of pyridine rings is 3. The van der Waals surface area contributed by atoms with Gasteiger partial charge in [0, 0.05) is 37.2 Å². The second-order valence-electron chi connectivity index (χ2n) is 13.0. The molecule has 2 aromatic carbocycles. The van der Waals surface area contributed by atoms with Crippen LogP contribution in [0, 0.1) is 0 Å². The number of rotatable bonds is 18. The zero-order valence-corrected chi connectivity index (χ0v) is 32.9. The molecule has 0 aliphatic heterocycles. The van der Waals surface area contributed by atoms with Gasteiger partial charge in [-0.3, -0.25) is 29.6 Å². The molecule has 5 aromatic heterocycles. The number of anilines is 2. The Morgan fingerprint density at radius 1 is 0.661 bits per heavy atom. The van der Waals surface area contributed by atoms with Crippen LogP contribution in [0.4, 0.5) is 11.6 Å². The van der Waals surface area contributed by atoms with Crippen molar-refractivity contribution in [2.24, 2.45) is 0 Å². The molecule has 0 fully saturated rings. The van der Waals surface area contributed by atoms with E-state index in [0.29, 0.717) is 59.4 Å². The lowest BCUT2D eigenvalue weighted by Crippen LogP contribution is -2.39. The molecule has 20 heteroatoms. The van der Waals surface area contributed by atoms with Crippen molar-refractivity contribution in [3.05, 3.63) is 155 Å². The van der Waals surface area contributed by atoms with Gasteiger partial charge in [0.15, 0.2) is 25.0 Å². The molecule has 5 N–H and O–H groups in total. The van der Waals surface area contributed by atoms with Crippen LogP contribution in [0.3, 0.4) is 0 Å². The van der Waals surface area contributed by atoms with Crippen LogP contribution in [0.2, 0.25) is 0 Å². The second kappa shape index (κ2) is 18.2. The van der Waals surface area contributed by atoms with Gasteiger partial charge in [0.1, 0.15) is 17.7 Å². The number of aliphatic hydroxyl groups excluding tert-OH is 1. The molecule has 0 saturated carbocycles. The molecule has 2 unspecified atom stereocenters. The number of ether oxygens (including phenoxy) is 1. The predicted molar refractivity (Wildman–Crippen MR) is 205 cm³/mol. The largest absolute Gasteiger partial charge is 0.756 e. The summed E-state index contributed by atoms with van der Waals surface area (Å²) in [4.78, 5) is 29.4. The van der Waals surface area contributed by atoms with Crippen LogP contribution in [-0.4, -0.2) is 20.4 Å². The van der Waals surface area contributed by atoms with Gasteiger partial charge in [-0.15, -0.1) is 0 Å². The van der Waals surface area contributed by atoms with E-state index in [1.807, 2.05) is 48.5 Å². The Kier molecular flexibility index (Phi) is 12.7. The first kappa shape index (κ1) is 41.1. The molecule has 0 amide bonds. The van der Waals surface area contributed by atoms with E-state index in [-0.39, 0.29) is 18.2 Å². The van der Waals surface area contributed by atoms with E-state index >= 15 is 0 Å². The van der Waals surface area contributed by atoms with Gasteiger partial charge in [-0.25, -0.2) is 18.4 Å². The van der Waals surface area contributed by atoms with Gasteiger partial charge >= 0.3 is 0 Å². The normalized spacial score (nSPS) is 13.5. The lowest BCUT2D eigenvalue weighted by Gasteiger charge is -2.29. The fraction of sp³-hybridized carbons (Fsp3) is 0.154. The summed E-state index contributed by atoms with van der Waals surface area (Å²) in [6.45, 7) is -1.18. The lowest BCUT2D eigenvalue weighted by molar-refractivity contribution is -0.713. The average molecular weight is 842 g/mol. The summed E-state index contributed by atoms with van der Waals surface area (Å²) in [5, 5.41) is 17.5. The number of hydrogen-bond acceptors (Lipinski definition) is 16. The monoisotopic (exact) mass is 841 g/mol. The molecule has 0 aliphatic rings. The van der Waals surface area contributed by atoms with Gasteiger partial charge in [-0.05, 0) is 52.6 Å². The standard InChI is InChI=1S/C39H37N7O11P2/c40-38-33(35-21-31(43-55-35)19-27-8-12-29(23-47)13-9-27)5-3-17-45(38)25-53-58(48,49)57-59(50,51)54-26-46-18-4-6-34(39(46)41)36-22-32(44-56-36)20-28-10-14-30(15-11-28)24-52-37-7-1-2-16-42-37/h1-18,21-22,40-41,47H,19-20,23-26H2,(H2,48,49,50,51). The highest BCUT2D eigenvalue weighted by molar-refractivity contribution is 7.59. The van der Waals surface area contributed by atoms with E-state index in [4.69, 9.17) is 34.3 Å². The van der Waals surface area contributed by atoms with Crippen LogP contribution >= 0.6 is 15.6 Å². The van der Waals surface area contributed by atoms with Crippen LogP contribution in [0.5, 0.6) is 5.88 Å². The van der Waals surface area contributed by atoms with Crippen molar-refractivity contribution >= 4 is 27.3 Å². The van der Waals surface area contributed by atoms with Crippen molar-refractivity contribution in [3.63, 3.8) is 0 Å². The van der Waals surface area contributed by atoms with Crippen LogP contribution in [0.15, 0.2) is 131 Å². The Balaban J connectivity index is 0.918. The first-order valence-electron chi connectivity index (χ1n) is 17.8. The molecular formula is C39H37N7O11P2. The van der Waals surface area contributed by atoms with E-state index < -0.39 is 29.1 Å². The molecule has 0 bridgehead atoms. The van der Waals surface area contributed by atoms with E-state index in [2.05, 4.69) is 19.6 Å². The molecular weight excluding hydrogens is 804 g/mol. The summed E-state index contributed by atoms with van der Waals surface area (Å²) >= 11 is 0. The summed E-state index contributed by atoms with van der Waals surface area (Å²) in [5.41, 5.74) is 18.2. The zero-order valence-electron chi connectivity index (χ0n) is 31.1. The molecule has 18 nitrogen and oxygen atoms in total. The van der Waals surface area contributed by atoms with Crippen molar-refractivity contribution in [1.82, 2.24) is 15.3 Å². The maximum absolute atomic E-state index is 12.6. The van der Waals surface area contributed by atoms with Crippen molar-refractivity contribution in [3.8, 4) is 28.5 Å². The van der Waals surface area contributed by atoms with Crippen LogP contribution in [0.1, 0.15) is 33.6 Å². The Bertz CT molecular complexity index is 2610. The highest BCUT2D eigenvalue weighted by atomic mass is 31.3. The lowest BCUT2D eigenvalue weighted by atomic mass is 10.1. The maximum Gasteiger partial charge on any atom is 0.285 e. The van der Waals surface area contributed by atoms with Crippen molar-refractivity contribution < 1.29 is 60.3 Å². The summed E-state index contributed by atoms with van der Waals surface area (Å²) in [7, 11) is -11.0. The number of nitrogens with zero attached hydrogens (tertiary/aromatic N) is 5. The summed E-state index contributed by atoms with van der Waals surface area (Å²) in [6.07, 6.45) is 5.39. The first-order valence-corrected chi connectivity index (χ1v) is 20.8. The fourth-order valence-electron chi connectivity index (χ4n) is 5.77. The minimum absolute atomic E-state index is 0.0344. The SMILES string of the molecule is Nc1c(-c2cc(Cc3ccc(CO)cc3)no2)ccc[n+]1COP(=O)([O-])OP(=O)([O-])OC[n+]1cccc(-c2cc(Cc3ccc(COc4ccccn4)cc3)no2)c1N. The molecule has 2 atom stereocenters. The maximum atomic E-state index is 12.6. The quantitative estimate of drug-likeness (QED) is 0.0815. The third kappa shape index (κ3) is 10.9. The van der Waals surface area contributed by atoms with Gasteiger partial charge in [0.05, 0.1) is 30.4 Å². The molecule has 59 heavy (non-hydrogen) atoms. The van der Waals surface area contributed by atoms with Crippen LogP contribution in [-0.2, 0) is 62.0 Å². The smallest absolute Gasteiger partial charge is 0.285 e. The Morgan fingerprint density at radius 2 is 1.15 bits per heavy atom. The van der Waals surface area contributed by atoms with E-state index in [1.165, 1.54) is 21.5 Å². The number of hydrogen-bond donors (Lipinski definition) is 3. The molecule has 7 rings (SSSR count). The van der Waals surface area contributed by atoms with Crippen LogP contribution in [0.25, 0.3) is 22.6 Å². The second-order valence-corrected chi connectivity index (χ2v) is 16.0. The highest BCUT2D eigenvalue weighted by Crippen LogP contribution is 2.55. The number of nitrogens with two attached hydrogens (primary N) is 2.